The highest BCUT2D eigenvalue weighted by Crippen LogP contribution is 2.52. The maximum Gasteiger partial charge on any atom is 0.249 e. The molecule has 154 valence electrons. The summed E-state index contributed by atoms with van der Waals surface area (Å²) in [7, 11) is 1.59. The van der Waals surface area contributed by atoms with Gasteiger partial charge >= 0.3 is 0 Å². The van der Waals surface area contributed by atoms with Gasteiger partial charge in [-0.2, -0.15) is 0 Å². The first-order valence-electron chi connectivity index (χ1n) is 9.94. The molecule has 1 N–H and O–H groups in total. The number of carbonyl (C=O) groups excluding carboxylic acids is 3. The van der Waals surface area contributed by atoms with Crippen LogP contribution in [0.3, 0.4) is 0 Å². The van der Waals surface area contributed by atoms with E-state index in [0.717, 1.165) is 16.9 Å². The van der Waals surface area contributed by atoms with Gasteiger partial charge in [0.05, 0.1) is 24.6 Å². The number of hydrogen-bond acceptors (Lipinski definition) is 6. The van der Waals surface area contributed by atoms with Gasteiger partial charge in [-0.25, -0.2) is 4.98 Å². The Morgan fingerprint density at radius 2 is 1.87 bits per heavy atom. The van der Waals surface area contributed by atoms with Crippen LogP contribution >= 0.6 is 11.3 Å². The van der Waals surface area contributed by atoms with Crippen LogP contribution in [0.4, 0.5) is 5.13 Å². The molecule has 2 aromatic rings. The van der Waals surface area contributed by atoms with Crippen LogP contribution in [0, 0.1) is 23.7 Å². The maximum atomic E-state index is 12.9. The van der Waals surface area contributed by atoms with Gasteiger partial charge in [0, 0.05) is 10.9 Å². The zero-order valence-corrected chi connectivity index (χ0v) is 17.4. The fourth-order valence-corrected chi connectivity index (χ4v) is 5.66. The van der Waals surface area contributed by atoms with Crippen molar-refractivity contribution >= 4 is 34.2 Å². The van der Waals surface area contributed by atoms with Gasteiger partial charge in [0.2, 0.25) is 17.7 Å². The second-order valence-electron chi connectivity index (χ2n) is 7.95. The van der Waals surface area contributed by atoms with E-state index in [9.17, 15) is 14.4 Å². The number of methoxy groups -OCH3 is 1. The van der Waals surface area contributed by atoms with Crippen molar-refractivity contribution in [2.75, 3.05) is 12.4 Å². The Kier molecular flexibility index (Phi) is 4.47. The number of amides is 3. The summed E-state index contributed by atoms with van der Waals surface area (Å²) in [6.07, 6.45) is 4.95. The van der Waals surface area contributed by atoms with E-state index in [1.165, 1.54) is 11.3 Å². The van der Waals surface area contributed by atoms with E-state index in [1.807, 2.05) is 41.8 Å². The maximum absolute atomic E-state index is 12.9. The molecule has 5 rings (SSSR count). The first-order chi connectivity index (χ1) is 14.5. The fourth-order valence-electron chi connectivity index (χ4n) is 4.95. The Morgan fingerprint density at radius 3 is 2.53 bits per heavy atom. The number of fused-ring (bicyclic) bond motifs is 5. The van der Waals surface area contributed by atoms with Crippen molar-refractivity contribution in [3.63, 3.8) is 0 Å². The average molecular weight is 423 g/mol. The van der Waals surface area contributed by atoms with Crippen LogP contribution in [0.5, 0.6) is 5.75 Å². The molecule has 7 nitrogen and oxygen atoms in total. The minimum atomic E-state index is -0.881. The number of ether oxygens (including phenoxy) is 1. The highest BCUT2D eigenvalue weighted by molar-refractivity contribution is 7.14. The third-order valence-electron chi connectivity index (χ3n) is 6.39. The standard InChI is InChI=1S/C22H21N3O4S/c1-11(25-20(27)17-12-7-8-13(9-12)18(17)21(25)28)19(26)24-22-23-15(10-30-22)14-5-3-4-6-16(14)29-2/h3-8,10-13,17-18H,9H2,1-2H3,(H,23,24,26)/t11-,12+,13+,17-,18+/m1/s1. The molecule has 3 aliphatic rings. The Balaban J connectivity index is 1.31. The summed E-state index contributed by atoms with van der Waals surface area (Å²) < 4.78 is 5.37. The molecule has 1 saturated carbocycles. The summed E-state index contributed by atoms with van der Waals surface area (Å²) in [6, 6.07) is 6.62. The van der Waals surface area contributed by atoms with Crippen molar-refractivity contribution in [3.05, 3.63) is 41.8 Å². The summed E-state index contributed by atoms with van der Waals surface area (Å²) in [4.78, 5) is 44.3. The van der Waals surface area contributed by atoms with E-state index in [1.54, 1.807) is 14.0 Å². The number of imide groups is 1. The molecule has 1 aliphatic heterocycles. The lowest BCUT2D eigenvalue weighted by Gasteiger charge is -2.23. The van der Waals surface area contributed by atoms with Crippen molar-refractivity contribution in [2.24, 2.45) is 23.7 Å². The van der Waals surface area contributed by atoms with Gasteiger partial charge < -0.3 is 10.1 Å². The van der Waals surface area contributed by atoms with Crippen molar-refractivity contribution in [3.8, 4) is 17.0 Å². The lowest BCUT2D eigenvalue weighted by Crippen LogP contribution is -2.46. The van der Waals surface area contributed by atoms with Gasteiger partial charge in [0.15, 0.2) is 5.13 Å². The smallest absolute Gasteiger partial charge is 0.249 e. The molecule has 3 amide bonds. The number of hydrogen-bond donors (Lipinski definition) is 1. The number of para-hydroxylation sites is 1. The molecular formula is C22H21N3O4S. The van der Waals surface area contributed by atoms with E-state index in [4.69, 9.17) is 4.74 Å². The topological polar surface area (TPSA) is 88.6 Å². The number of nitrogens with one attached hydrogen (secondary N) is 1. The largest absolute Gasteiger partial charge is 0.496 e. The van der Waals surface area contributed by atoms with E-state index < -0.39 is 11.9 Å². The van der Waals surface area contributed by atoms with Gasteiger partial charge in [0.25, 0.3) is 0 Å². The second-order valence-corrected chi connectivity index (χ2v) is 8.81. The molecule has 0 unspecified atom stereocenters. The quantitative estimate of drug-likeness (QED) is 0.590. The summed E-state index contributed by atoms with van der Waals surface area (Å²) in [6.45, 7) is 1.59. The van der Waals surface area contributed by atoms with Crippen molar-refractivity contribution in [1.82, 2.24) is 9.88 Å². The van der Waals surface area contributed by atoms with Crippen LogP contribution in [0.15, 0.2) is 41.8 Å². The molecule has 0 radical (unpaired) electrons. The number of allylic oxidation sites excluding steroid dienone is 2. The number of likely N-dealkylation sites (tertiary alicyclic amines) is 1. The zero-order valence-electron chi connectivity index (χ0n) is 16.6. The van der Waals surface area contributed by atoms with Crippen LogP contribution in [0.1, 0.15) is 13.3 Å². The van der Waals surface area contributed by atoms with Gasteiger partial charge in [-0.05, 0) is 37.3 Å². The van der Waals surface area contributed by atoms with Crippen LogP contribution in [-0.4, -0.2) is 40.8 Å². The highest BCUT2D eigenvalue weighted by Gasteiger charge is 2.60. The van der Waals surface area contributed by atoms with Crippen molar-refractivity contribution < 1.29 is 19.1 Å². The van der Waals surface area contributed by atoms with Crippen LogP contribution in [-0.2, 0) is 14.4 Å². The average Bonchev–Trinajstić information content (AvgIpc) is 3.52. The number of anilines is 1. The van der Waals surface area contributed by atoms with Gasteiger partial charge in [-0.1, -0.05) is 24.3 Å². The molecule has 2 fully saturated rings. The predicted octanol–water partition coefficient (Wildman–Crippen LogP) is 2.95. The predicted molar refractivity (Wildman–Crippen MR) is 112 cm³/mol. The summed E-state index contributed by atoms with van der Waals surface area (Å²) in [5, 5.41) is 5.00. The van der Waals surface area contributed by atoms with E-state index >= 15 is 0 Å². The molecule has 2 heterocycles. The number of carbonyl (C=O) groups is 3. The van der Waals surface area contributed by atoms with Gasteiger partial charge in [-0.15, -0.1) is 11.3 Å². The number of rotatable bonds is 5. The number of thiazole rings is 1. The first kappa shape index (κ1) is 19.0. The molecular weight excluding hydrogens is 402 g/mol. The minimum Gasteiger partial charge on any atom is -0.496 e. The highest BCUT2D eigenvalue weighted by atomic mass is 32.1. The van der Waals surface area contributed by atoms with Crippen LogP contribution in [0.25, 0.3) is 11.3 Å². The summed E-state index contributed by atoms with van der Waals surface area (Å²) in [5.41, 5.74) is 1.51. The molecule has 1 saturated heterocycles. The molecule has 0 spiro atoms. The van der Waals surface area contributed by atoms with E-state index in [-0.39, 0.29) is 35.5 Å². The number of benzene rings is 1. The fraction of sp³-hybridized carbons (Fsp3) is 0.364. The monoisotopic (exact) mass is 423 g/mol. The Hall–Kier alpha value is -3.00. The third kappa shape index (κ3) is 2.78. The second kappa shape index (κ2) is 7.05. The molecule has 2 aliphatic carbocycles. The third-order valence-corrected chi connectivity index (χ3v) is 7.15. The normalized spacial score (nSPS) is 27.5. The molecule has 2 bridgehead atoms. The Morgan fingerprint density at radius 1 is 1.20 bits per heavy atom. The van der Waals surface area contributed by atoms with E-state index in [0.29, 0.717) is 16.6 Å². The zero-order chi connectivity index (χ0) is 21.0. The SMILES string of the molecule is COc1ccccc1-c1csc(NC(=O)[C@@H](C)N2C(=O)[C@@H]3[C@H](C2=O)[C@H]2C=C[C@H]3C2)n1. The van der Waals surface area contributed by atoms with Gasteiger partial charge in [-0.3, -0.25) is 19.3 Å². The van der Waals surface area contributed by atoms with E-state index in [2.05, 4.69) is 10.3 Å². The molecule has 1 aromatic carbocycles. The number of aromatic nitrogens is 1. The van der Waals surface area contributed by atoms with Crippen molar-refractivity contribution in [2.45, 2.75) is 19.4 Å². The molecule has 8 heteroatoms. The Bertz CT molecular complexity index is 1050. The lowest BCUT2D eigenvalue weighted by molar-refractivity contribution is -0.146. The lowest BCUT2D eigenvalue weighted by atomic mass is 9.85. The molecule has 1 aromatic heterocycles. The van der Waals surface area contributed by atoms with Crippen LogP contribution in [0.2, 0.25) is 0 Å². The summed E-state index contributed by atoms with van der Waals surface area (Å²) in [5.74, 6) is -0.538. The summed E-state index contributed by atoms with van der Waals surface area (Å²) >= 11 is 1.28. The first-order valence-corrected chi connectivity index (χ1v) is 10.8. The number of nitrogens with zero attached hydrogens (tertiary/aromatic N) is 2. The molecule has 30 heavy (non-hydrogen) atoms. The van der Waals surface area contributed by atoms with Gasteiger partial charge in [0.1, 0.15) is 11.8 Å². The van der Waals surface area contributed by atoms with Crippen LogP contribution < -0.4 is 10.1 Å². The Labute approximate surface area is 177 Å². The minimum absolute atomic E-state index is 0.124. The molecule has 5 atom stereocenters. The van der Waals surface area contributed by atoms with Crippen molar-refractivity contribution in [1.29, 1.82) is 0 Å².